The summed E-state index contributed by atoms with van der Waals surface area (Å²) in [6, 6.07) is 15.1. The smallest absolute Gasteiger partial charge is 0.212 e. The maximum Gasteiger partial charge on any atom is 0.212 e. The Bertz CT molecular complexity index is 954. The molecule has 1 aromatic heterocycles. The fourth-order valence-corrected chi connectivity index (χ4v) is 3.94. The van der Waals surface area contributed by atoms with Crippen LogP contribution in [0.2, 0.25) is 5.02 Å². The van der Waals surface area contributed by atoms with Crippen LogP contribution in [0.15, 0.2) is 59.8 Å². The van der Waals surface area contributed by atoms with Crippen molar-refractivity contribution in [2.75, 3.05) is 12.5 Å². The lowest BCUT2D eigenvalue weighted by molar-refractivity contribution is 0.415. The van der Waals surface area contributed by atoms with Crippen molar-refractivity contribution in [3.05, 3.63) is 65.2 Å². The molecule has 0 spiro atoms. The van der Waals surface area contributed by atoms with Gasteiger partial charge in [-0.15, -0.1) is 10.2 Å². The van der Waals surface area contributed by atoms with Gasteiger partial charge in [0.05, 0.1) is 7.11 Å². The van der Waals surface area contributed by atoms with Crippen molar-refractivity contribution in [1.82, 2.24) is 14.9 Å². The highest BCUT2D eigenvalue weighted by Gasteiger charge is 2.26. The van der Waals surface area contributed by atoms with E-state index in [0.29, 0.717) is 10.1 Å². The molecule has 5 nitrogen and oxygen atoms in total. The third-order valence-corrected chi connectivity index (χ3v) is 5.45. The van der Waals surface area contributed by atoms with Crippen LogP contribution in [0, 0.1) is 0 Å². The minimum atomic E-state index is -0.0410. The normalized spacial score (nSPS) is 16.3. The van der Waals surface area contributed by atoms with Gasteiger partial charge in [0, 0.05) is 15.6 Å². The zero-order chi connectivity index (χ0) is 18.1. The van der Waals surface area contributed by atoms with Gasteiger partial charge in [-0.1, -0.05) is 47.1 Å². The lowest BCUT2D eigenvalue weighted by Gasteiger charge is -2.09. The first-order chi connectivity index (χ1) is 12.6. The molecule has 0 fully saturated rings. The van der Waals surface area contributed by atoms with Crippen molar-refractivity contribution < 1.29 is 4.74 Å². The van der Waals surface area contributed by atoms with Gasteiger partial charge >= 0.3 is 0 Å². The third-order valence-electron chi connectivity index (χ3n) is 3.89. The number of nitrogens with one attached hydrogen (secondary N) is 1. The van der Waals surface area contributed by atoms with Crippen LogP contribution in [0.25, 0.3) is 16.4 Å². The van der Waals surface area contributed by atoms with Gasteiger partial charge in [0.25, 0.3) is 0 Å². The third kappa shape index (κ3) is 3.40. The van der Waals surface area contributed by atoms with Crippen molar-refractivity contribution in [2.45, 2.75) is 10.5 Å². The number of thioether (sulfide) groups is 1. The van der Waals surface area contributed by atoms with Gasteiger partial charge < -0.3 is 10.2 Å². The van der Waals surface area contributed by atoms with Gasteiger partial charge in [-0.3, -0.25) is 0 Å². The molecule has 2 aromatic carbocycles. The Morgan fingerprint density at radius 3 is 2.58 bits per heavy atom. The van der Waals surface area contributed by atoms with E-state index in [2.05, 4.69) is 15.6 Å². The van der Waals surface area contributed by atoms with Crippen LogP contribution in [-0.2, 0) is 0 Å². The van der Waals surface area contributed by atoms with Crippen LogP contribution in [0.5, 0.6) is 5.75 Å². The Hall–Kier alpha value is -2.15. The van der Waals surface area contributed by atoms with Crippen molar-refractivity contribution >= 4 is 40.0 Å². The molecule has 0 amide bonds. The van der Waals surface area contributed by atoms with Crippen LogP contribution in [0.1, 0.15) is 5.56 Å². The van der Waals surface area contributed by atoms with E-state index in [9.17, 15) is 0 Å². The topological polar surface area (TPSA) is 52.0 Å². The SMILES string of the molecule is COc1ccc(-c2nnc3n2NC(/C=C(\Cl)c2ccc(Cl)cc2)S3)cc1. The summed E-state index contributed by atoms with van der Waals surface area (Å²) >= 11 is 13.9. The molecular formula is C18H14Cl2N4OS. The van der Waals surface area contributed by atoms with Crippen LogP contribution in [0.3, 0.4) is 0 Å². The van der Waals surface area contributed by atoms with Gasteiger partial charge in [0.2, 0.25) is 5.16 Å². The Balaban J connectivity index is 1.55. The number of rotatable bonds is 4. The summed E-state index contributed by atoms with van der Waals surface area (Å²) in [5, 5.41) is 10.6. The van der Waals surface area contributed by atoms with E-state index in [-0.39, 0.29) is 5.37 Å². The summed E-state index contributed by atoms with van der Waals surface area (Å²) in [6.07, 6.45) is 1.95. The molecule has 1 aliphatic heterocycles. The monoisotopic (exact) mass is 404 g/mol. The van der Waals surface area contributed by atoms with Crippen molar-refractivity contribution in [2.24, 2.45) is 0 Å². The molecule has 1 atom stereocenters. The Labute approximate surface area is 164 Å². The lowest BCUT2D eigenvalue weighted by atomic mass is 10.2. The molecule has 0 aliphatic carbocycles. The van der Waals surface area contributed by atoms with Crippen LogP contribution >= 0.6 is 35.0 Å². The molecule has 3 aromatic rings. The van der Waals surface area contributed by atoms with Gasteiger partial charge in [-0.2, -0.15) is 0 Å². The first-order valence-corrected chi connectivity index (χ1v) is 9.44. The first-order valence-electron chi connectivity index (χ1n) is 7.80. The number of benzene rings is 2. The number of hydrogen-bond acceptors (Lipinski definition) is 5. The number of nitrogens with zero attached hydrogens (tertiary/aromatic N) is 3. The van der Waals surface area contributed by atoms with E-state index in [4.69, 9.17) is 27.9 Å². The standard InChI is InChI=1S/C18H14Cl2N4OS/c1-25-14-8-4-12(5-9-14)17-21-22-18-24(17)23-16(26-18)10-15(20)11-2-6-13(19)7-3-11/h2-10,16,23H,1H3/b15-10-. The number of aromatic nitrogens is 3. The predicted octanol–water partition coefficient (Wildman–Crippen LogP) is 4.86. The van der Waals surface area contributed by atoms with E-state index in [1.54, 1.807) is 18.9 Å². The number of hydrogen-bond donors (Lipinski definition) is 1. The molecule has 1 aliphatic rings. The molecule has 0 radical (unpaired) electrons. The Morgan fingerprint density at radius 2 is 1.88 bits per heavy atom. The number of methoxy groups -OCH3 is 1. The zero-order valence-electron chi connectivity index (χ0n) is 13.7. The summed E-state index contributed by atoms with van der Waals surface area (Å²) in [5.41, 5.74) is 5.22. The highest BCUT2D eigenvalue weighted by Crippen LogP contribution is 2.34. The molecular weight excluding hydrogens is 391 g/mol. The van der Waals surface area contributed by atoms with Gasteiger partial charge in [0.15, 0.2) is 5.82 Å². The summed E-state index contributed by atoms with van der Waals surface area (Å²) in [5.74, 6) is 1.54. The Morgan fingerprint density at radius 1 is 1.15 bits per heavy atom. The molecule has 1 N–H and O–H groups in total. The second-order valence-corrected chi connectivity index (χ2v) is 7.51. The predicted molar refractivity (Wildman–Crippen MR) is 106 cm³/mol. The van der Waals surface area contributed by atoms with E-state index in [0.717, 1.165) is 27.9 Å². The molecule has 26 heavy (non-hydrogen) atoms. The molecule has 1 unspecified atom stereocenters. The maximum atomic E-state index is 6.44. The van der Waals surface area contributed by atoms with Crippen LogP contribution < -0.4 is 10.2 Å². The summed E-state index contributed by atoms with van der Waals surface area (Å²) in [4.78, 5) is 0. The molecule has 0 saturated carbocycles. The lowest BCUT2D eigenvalue weighted by Crippen LogP contribution is -2.17. The fraction of sp³-hybridized carbons (Fsp3) is 0.111. The highest BCUT2D eigenvalue weighted by molar-refractivity contribution is 8.00. The zero-order valence-corrected chi connectivity index (χ0v) is 16.0. The largest absolute Gasteiger partial charge is 0.497 e. The number of fused-ring (bicyclic) bond motifs is 1. The number of ether oxygens (including phenoxy) is 1. The second kappa shape index (κ2) is 7.23. The van der Waals surface area contributed by atoms with Crippen LogP contribution in [-0.4, -0.2) is 27.4 Å². The van der Waals surface area contributed by atoms with Crippen molar-refractivity contribution in [3.63, 3.8) is 0 Å². The molecule has 0 bridgehead atoms. The number of halogens is 2. The molecule has 132 valence electrons. The molecule has 2 heterocycles. The van der Waals surface area contributed by atoms with E-state index < -0.39 is 0 Å². The Kier molecular flexibility index (Phi) is 4.80. The van der Waals surface area contributed by atoms with Crippen molar-refractivity contribution in [3.8, 4) is 17.1 Å². The average Bonchev–Trinajstić information content (AvgIpc) is 3.22. The van der Waals surface area contributed by atoms with Gasteiger partial charge in [-0.05, 0) is 48.0 Å². The van der Waals surface area contributed by atoms with Crippen molar-refractivity contribution in [1.29, 1.82) is 0 Å². The first kappa shape index (κ1) is 17.3. The highest BCUT2D eigenvalue weighted by atomic mass is 35.5. The quantitative estimate of drug-likeness (QED) is 0.672. The van der Waals surface area contributed by atoms with E-state index in [1.165, 1.54) is 0 Å². The minimum absolute atomic E-state index is 0.0410. The summed E-state index contributed by atoms with van der Waals surface area (Å²) < 4.78 is 7.07. The van der Waals surface area contributed by atoms with Crippen LogP contribution in [0.4, 0.5) is 0 Å². The summed E-state index contributed by atoms with van der Waals surface area (Å²) in [7, 11) is 1.64. The minimum Gasteiger partial charge on any atom is -0.497 e. The summed E-state index contributed by atoms with van der Waals surface area (Å²) in [6.45, 7) is 0. The van der Waals surface area contributed by atoms with E-state index >= 15 is 0 Å². The molecule has 4 rings (SSSR count). The molecule has 0 saturated heterocycles. The van der Waals surface area contributed by atoms with E-state index in [1.807, 2.05) is 59.3 Å². The van der Waals surface area contributed by atoms with Gasteiger partial charge in [0.1, 0.15) is 11.1 Å². The maximum absolute atomic E-state index is 6.44. The second-order valence-electron chi connectivity index (χ2n) is 5.56. The van der Waals surface area contributed by atoms with Gasteiger partial charge in [-0.25, -0.2) is 4.68 Å². The fourth-order valence-electron chi connectivity index (χ4n) is 2.57. The molecule has 8 heteroatoms. The average molecular weight is 405 g/mol.